The number of nitrogens with one attached hydrogen (secondary N) is 1. The van der Waals surface area contributed by atoms with E-state index in [1.165, 1.54) is 10.5 Å². The molecule has 11 heteroatoms. The molecule has 1 aliphatic rings. The highest BCUT2D eigenvalue weighted by atomic mass is 16.4. The molecule has 1 saturated heterocycles. The second kappa shape index (κ2) is 18.7. The van der Waals surface area contributed by atoms with E-state index in [-0.39, 0.29) is 24.3 Å². The van der Waals surface area contributed by atoms with Gasteiger partial charge >= 0.3 is 0 Å². The first kappa shape index (κ1) is 35.4. The molecular weight excluding hydrogens is 560 g/mol. The van der Waals surface area contributed by atoms with E-state index in [1.54, 1.807) is 36.4 Å². The second-order valence-corrected chi connectivity index (χ2v) is 10.0. The van der Waals surface area contributed by atoms with Crippen molar-refractivity contribution in [2.45, 2.75) is 46.1 Å². The van der Waals surface area contributed by atoms with E-state index in [0.29, 0.717) is 24.1 Å². The third-order valence-corrected chi connectivity index (χ3v) is 6.81. The standard InChI is InChI=1S/C21H23N3O5.C8H10.C4H11N3/c1-3-6-13(2)14-9-10-24(18(27)12-25)19(14)20(28)22-11-16(26)21-23-15-7-4-5-8-17(15)29-21;1-2-8-6-4-3-5-7-8;1-2-3-7-4(5)6/h3-8,14,19,25H,1,9-12H2,2H3,(H,22,28);3-7H,2H2,1H3;2-3H2,1H3,(H4,5,6,7)/b13-6+;;/t14-,19?;;/m1../s1. The Balaban J connectivity index is 0.000000368. The number of aliphatic hydroxyl groups is 1. The number of benzene rings is 2. The molecule has 44 heavy (non-hydrogen) atoms. The summed E-state index contributed by atoms with van der Waals surface area (Å²) in [5, 5.41) is 11.8. The molecule has 236 valence electrons. The van der Waals surface area contributed by atoms with Gasteiger partial charge < -0.3 is 31.2 Å². The Kier molecular flexibility index (Phi) is 15.1. The third kappa shape index (κ3) is 10.8. The van der Waals surface area contributed by atoms with Gasteiger partial charge in [-0.1, -0.05) is 80.6 Å². The predicted octanol–water partition coefficient (Wildman–Crippen LogP) is 3.39. The molecule has 1 unspecified atom stereocenters. The minimum atomic E-state index is -0.803. The zero-order chi connectivity index (χ0) is 32.5. The number of carbonyl (C=O) groups is 3. The number of aromatic nitrogens is 1. The van der Waals surface area contributed by atoms with E-state index in [1.807, 2.05) is 19.9 Å². The maximum Gasteiger partial charge on any atom is 0.266 e. The summed E-state index contributed by atoms with van der Waals surface area (Å²) in [6.45, 7) is 9.82. The topological polar surface area (TPSA) is 177 Å². The molecule has 2 heterocycles. The smallest absolute Gasteiger partial charge is 0.266 e. The number of amides is 2. The number of nitrogens with two attached hydrogens (primary N) is 2. The Morgan fingerprint density at radius 2 is 1.82 bits per heavy atom. The molecule has 2 amide bonds. The van der Waals surface area contributed by atoms with Gasteiger partial charge in [0.15, 0.2) is 11.5 Å². The SMILES string of the molecule is C=C/C=C(\C)[C@H]1CCN(C(=O)CO)C1C(=O)NCC(=O)c1nc2ccccc2o1.CCCN=C(N)N.CCc1ccccc1. The van der Waals surface area contributed by atoms with Crippen molar-refractivity contribution < 1.29 is 23.9 Å². The van der Waals surface area contributed by atoms with Crippen LogP contribution in [0.25, 0.3) is 11.1 Å². The van der Waals surface area contributed by atoms with Gasteiger partial charge in [-0.05, 0) is 43.9 Å². The number of fused-ring (bicyclic) bond motifs is 1. The highest BCUT2D eigenvalue weighted by Gasteiger charge is 2.42. The number of aliphatic hydroxyl groups excluding tert-OH is 1. The molecule has 0 radical (unpaired) electrons. The molecule has 0 bridgehead atoms. The van der Waals surface area contributed by atoms with Crippen LogP contribution in [-0.2, 0) is 16.0 Å². The Morgan fingerprint density at radius 1 is 1.14 bits per heavy atom. The highest BCUT2D eigenvalue weighted by Crippen LogP contribution is 2.31. The van der Waals surface area contributed by atoms with Crippen molar-refractivity contribution in [3.63, 3.8) is 0 Å². The molecule has 1 aromatic heterocycles. The van der Waals surface area contributed by atoms with E-state index >= 15 is 0 Å². The van der Waals surface area contributed by atoms with Crippen molar-refractivity contribution in [2.75, 3.05) is 26.2 Å². The van der Waals surface area contributed by atoms with Crippen LogP contribution in [0.2, 0.25) is 0 Å². The summed E-state index contributed by atoms with van der Waals surface area (Å²) in [6, 6.07) is 16.6. The molecule has 4 rings (SSSR count). The number of Topliss-reactive ketones (excluding diaryl/α,β-unsaturated/α-hetero) is 1. The van der Waals surface area contributed by atoms with Gasteiger partial charge in [-0.15, -0.1) is 0 Å². The molecule has 2 aromatic carbocycles. The van der Waals surface area contributed by atoms with Crippen LogP contribution >= 0.6 is 0 Å². The zero-order valence-electron chi connectivity index (χ0n) is 25.7. The lowest BCUT2D eigenvalue weighted by molar-refractivity contribution is -0.141. The van der Waals surface area contributed by atoms with Crippen LogP contribution in [-0.4, -0.2) is 70.8 Å². The molecule has 0 saturated carbocycles. The molecule has 0 spiro atoms. The number of likely N-dealkylation sites (tertiary alicyclic amines) is 1. The fourth-order valence-electron chi connectivity index (χ4n) is 4.57. The Labute approximate surface area is 258 Å². The van der Waals surface area contributed by atoms with Crippen molar-refractivity contribution in [3.8, 4) is 0 Å². The van der Waals surface area contributed by atoms with Crippen molar-refractivity contribution >= 4 is 34.7 Å². The van der Waals surface area contributed by atoms with Crippen LogP contribution in [0.5, 0.6) is 0 Å². The number of rotatable bonds is 10. The molecule has 1 aliphatic heterocycles. The number of oxazole rings is 1. The fourth-order valence-corrected chi connectivity index (χ4v) is 4.57. The highest BCUT2D eigenvalue weighted by molar-refractivity contribution is 5.98. The number of hydrogen-bond donors (Lipinski definition) is 4. The number of hydrogen-bond acceptors (Lipinski definition) is 7. The summed E-state index contributed by atoms with van der Waals surface area (Å²) in [5.41, 5.74) is 13.4. The second-order valence-electron chi connectivity index (χ2n) is 10.0. The third-order valence-electron chi connectivity index (χ3n) is 6.81. The molecule has 0 aliphatic carbocycles. The maximum absolute atomic E-state index is 12.9. The Hall–Kier alpha value is -4.77. The minimum Gasteiger partial charge on any atom is -0.434 e. The van der Waals surface area contributed by atoms with Crippen LogP contribution in [0.3, 0.4) is 0 Å². The van der Waals surface area contributed by atoms with Crippen LogP contribution in [0.1, 0.15) is 49.9 Å². The van der Waals surface area contributed by atoms with Gasteiger partial charge in [0.25, 0.3) is 5.89 Å². The summed E-state index contributed by atoms with van der Waals surface area (Å²) in [5.74, 6) is -1.58. The average molecular weight is 605 g/mol. The van der Waals surface area contributed by atoms with Crippen molar-refractivity contribution in [1.29, 1.82) is 0 Å². The first-order valence-electron chi connectivity index (χ1n) is 14.6. The lowest BCUT2D eigenvalue weighted by Gasteiger charge is -2.27. The normalized spacial score (nSPS) is 15.7. The van der Waals surface area contributed by atoms with E-state index in [0.717, 1.165) is 25.0 Å². The van der Waals surface area contributed by atoms with Gasteiger partial charge in [0.1, 0.15) is 18.2 Å². The van der Waals surface area contributed by atoms with Crippen molar-refractivity contribution in [3.05, 3.63) is 90.4 Å². The summed E-state index contributed by atoms with van der Waals surface area (Å²) < 4.78 is 5.43. The Bertz CT molecular complexity index is 1400. The maximum atomic E-state index is 12.9. The number of carbonyl (C=O) groups excluding carboxylic acids is 3. The number of ketones is 1. The van der Waals surface area contributed by atoms with E-state index in [9.17, 15) is 19.5 Å². The van der Waals surface area contributed by atoms with Gasteiger partial charge in [-0.3, -0.25) is 19.4 Å². The molecule has 2 atom stereocenters. The first-order chi connectivity index (χ1) is 21.2. The summed E-state index contributed by atoms with van der Waals surface area (Å²) >= 11 is 0. The van der Waals surface area contributed by atoms with Crippen LogP contribution in [0, 0.1) is 5.92 Å². The van der Waals surface area contributed by atoms with E-state index in [4.69, 9.17) is 15.9 Å². The molecule has 1 fully saturated rings. The Morgan fingerprint density at radius 3 is 2.36 bits per heavy atom. The monoisotopic (exact) mass is 604 g/mol. The summed E-state index contributed by atoms with van der Waals surface area (Å²) in [7, 11) is 0. The van der Waals surface area contributed by atoms with Gasteiger partial charge in [-0.25, -0.2) is 4.98 Å². The molecule has 6 N–H and O–H groups in total. The number of allylic oxidation sites excluding steroid dienone is 2. The van der Waals surface area contributed by atoms with E-state index in [2.05, 4.69) is 53.1 Å². The number of aryl methyl sites for hydroxylation is 1. The lowest BCUT2D eigenvalue weighted by atomic mass is 9.91. The molecule has 11 nitrogen and oxygen atoms in total. The minimum absolute atomic E-state index is 0.0829. The number of guanidine groups is 1. The van der Waals surface area contributed by atoms with Gasteiger partial charge in [-0.2, -0.15) is 0 Å². The van der Waals surface area contributed by atoms with Crippen LogP contribution in [0.15, 0.2) is 88.3 Å². The predicted molar refractivity (Wildman–Crippen MR) is 173 cm³/mol. The lowest BCUT2D eigenvalue weighted by Crippen LogP contribution is -2.50. The molecular formula is C33H44N6O5. The molecule has 3 aromatic rings. The number of aliphatic imine (C=N–C) groups is 1. The first-order valence-corrected chi connectivity index (χ1v) is 14.6. The van der Waals surface area contributed by atoms with E-state index < -0.39 is 30.2 Å². The van der Waals surface area contributed by atoms with Gasteiger partial charge in [0.05, 0.1) is 6.54 Å². The van der Waals surface area contributed by atoms with Crippen molar-refractivity contribution in [1.82, 2.24) is 15.2 Å². The zero-order valence-corrected chi connectivity index (χ0v) is 25.7. The number of nitrogens with zero attached hydrogens (tertiary/aromatic N) is 3. The number of para-hydroxylation sites is 2. The van der Waals surface area contributed by atoms with Crippen LogP contribution in [0.4, 0.5) is 0 Å². The average Bonchev–Trinajstić information content (AvgIpc) is 3.69. The fraction of sp³-hybridized carbons (Fsp3) is 0.364. The van der Waals surface area contributed by atoms with Crippen LogP contribution < -0.4 is 16.8 Å². The van der Waals surface area contributed by atoms with Crippen molar-refractivity contribution in [2.24, 2.45) is 22.4 Å². The van der Waals surface area contributed by atoms with Gasteiger partial charge in [0.2, 0.25) is 17.6 Å². The largest absolute Gasteiger partial charge is 0.434 e. The van der Waals surface area contributed by atoms with Gasteiger partial charge in [0, 0.05) is 19.0 Å². The summed E-state index contributed by atoms with van der Waals surface area (Å²) in [6.07, 6.45) is 6.14. The quantitative estimate of drug-likeness (QED) is 0.118. The summed E-state index contributed by atoms with van der Waals surface area (Å²) in [4.78, 5) is 46.5.